The van der Waals surface area contributed by atoms with Gasteiger partial charge in [-0.15, -0.1) is 0 Å². The normalized spacial score (nSPS) is 10.8. The first kappa shape index (κ1) is 11.2. The molecule has 1 heterocycles. The fraction of sp³-hybridized carbons (Fsp3) is 0.250. The lowest BCUT2D eigenvalue weighted by Gasteiger charge is -2.13. The van der Waals surface area contributed by atoms with Crippen molar-refractivity contribution in [2.45, 2.75) is 19.9 Å². The summed E-state index contributed by atoms with van der Waals surface area (Å²) in [7, 11) is 0. The van der Waals surface area contributed by atoms with Gasteiger partial charge in [-0.1, -0.05) is 12.1 Å². The van der Waals surface area contributed by atoms with Gasteiger partial charge in [0, 0.05) is 22.9 Å². The van der Waals surface area contributed by atoms with Crippen LogP contribution in [0, 0.1) is 0 Å². The molecule has 16 heavy (non-hydrogen) atoms. The van der Waals surface area contributed by atoms with Gasteiger partial charge in [0.25, 0.3) is 0 Å². The first-order valence-corrected chi connectivity index (χ1v) is 6.02. The van der Waals surface area contributed by atoms with Gasteiger partial charge >= 0.3 is 0 Å². The highest BCUT2D eigenvalue weighted by atomic mass is 79.9. The van der Waals surface area contributed by atoms with Gasteiger partial charge in [-0.3, -0.25) is 4.57 Å². The average molecular weight is 280 g/mol. The Hall–Kier alpha value is -1.29. The first-order valence-electron chi connectivity index (χ1n) is 5.23. The molecule has 0 spiro atoms. The van der Waals surface area contributed by atoms with E-state index in [4.69, 9.17) is 0 Å². The number of hydrogen-bond acceptors (Lipinski definition) is 2. The van der Waals surface area contributed by atoms with Crippen LogP contribution in [-0.4, -0.2) is 15.6 Å². The van der Waals surface area contributed by atoms with Crippen LogP contribution in [0.5, 0.6) is 0 Å². The Bertz CT molecular complexity index is 477. The largest absolute Gasteiger partial charge is 0.353 e. The summed E-state index contributed by atoms with van der Waals surface area (Å²) >= 11 is 3.54. The monoisotopic (exact) mass is 279 g/mol. The summed E-state index contributed by atoms with van der Waals surface area (Å²) in [6, 6.07) is 8.45. The molecule has 4 heteroatoms. The predicted octanol–water partition coefficient (Wildman–Crippen LogP) is 3.46. The van der Waals surface area contributed by atoms with Gasteiger partial charge in [-0.2, -0.15) is 0 Å². The quantitative estimate of drug-likeness (QED) is 0.933. The van der Waals surface area contributed by atoms with Crippen LogP contribution in [-0.2, 0) is 0 Å². The summed E-state index contributed by atoms with van der Waals surface area (Å²) in [5.41, 5.74) is 1.09. The van der Waals surface area contributed by atoms with E-state index in [2.05, 4.69) is 46.1 Å². The maximum atomic E-state index is 4.30. The van der Waals surface area contributed by atoms with Crippen molar-refractivity contribution in [3.05, 3.63) is 41.1 Å². The van der Waals surface area contributed by atoms with Crippen LogP contribution in [0.1, 0.15) is 13.8 Å². The minimum absolute atomic E-state index is 0.364. The number of halogens is 1. The van der Waals surface area contributed by atoms with Gasteiger partial charge in [0.05, 0.1) is 5.69 Å². The van der Waals surface area contributed by atoms with E-state index in [1.807, 2.05) is 29.0 Å². The van der Waals surface area contributed by atoms with Crippen molar-refractivity contribution >= 4 is 21.9 Å². The second-order valence-corrected chi connectivity index (χ2v) is 4.73. The Morgan fingerprint density at radius 1 is 1.31 bits per heavy atom. The Morgan fingerprint density at radius 3 is 2.75 bits per heavy atom. The number of nitrogens with one attached hydrogen (secondary N) is 1. The number of aromatic nitrogens is 2. The highest BCUT2D eigenvalue weighted by Gasteiger charge is 2.07. The number of hydrogen-bond donors (Lipinski definition) is 1. The molecule has 0 radical (unpaired) electrons. The van der Waals surface area contributed by atoms with Crippen molar-refractivity contribution in [3.63, 3.8) is 0 Å². The molecule has 0 amide bonds. The van der Waals surface area contributed by atoms with Crippen molar-refractivity contribution in [2.75, 3.05) is 5.32 Å². The topological polar surface area (TPSA) is 29.9 Å². The fourth-order valence-electron chi connectivity index (χ4n) is 1.51. The van der Waals surface area contributed by atoms with Crippen LogP contribution in [0.3, 0.4) is 0 Å². The molecular weight excluding hydrogens is 266 g/mol. The predicted molar refractivity (Wildman–Crippen MR) is 70.0 cm³/mol. The third kappa shape index (κ3) is 2.27. The summed E-state index contributed by atoms with van der Waals surface area (Å²) < 4.78 is 3.09. The molecule has 1 aromatic heterocycles. The van der Waals surface area contributed by atoms with Gasteiger partial charge in [0.1, 0.15) is 0 Å². The lowest BCUT2D eigenvalue weighted by atomic mass is 10.3. The average Bonchev–Trinajstić information content (AvgIpc) is 2.66. The molecule has 3 nitrogen and oxygen atoms in total. The summed E-state index contributed by atoms with van der Waals surface area (Å²) in [4.78, 5) is 4.30. The van der Waals surface area contributed by atoms with Gasteiger partial charge < -0.3 is 5.32 Å². The molecule has 0 aliphatic rings. The van der Waals surface area contributed by atoms with Crippen molar-refractivity contribution in [3.8, 4) is 5.69 Å². The van der Waals surface area contributed by atoms with Crippen LogP contribution >= 0.6 is 15.9 Å². The van der Waals surface area contributed by atoms with E-state index >= 15 is 0 Å². The van der Waals surface area contributed by atoms with Crippen molar-refractivity contribution in [2.24, 2.45) is 0 Å². The SMILES string of the molecule is CC(C)Nc1nccn1-c1ccccc1Br. The van der Waals surface area contributed by atoms with Crippen molar-refractivity contribution in [1.29, 1.82) is 0 Å². The third-order valence-electron chi connectivity index (χ3n) is 2.17. The summed E-state index contributed by atoms with van der Waals surface area (Å²) in [5, 5.41) is 3.31. The molecule has 0 aliphatic carbocycles. The Labute approximate surface area is 104 Å². The van der Waals surface area contributed by atoms with E-state index in [0.717, 1.165) is 16.1 Å². The molecule has 0 aliphatic heterocycles. The van der Waals surface area contributed by atoms with Crippen LogP contribution in [0.2, 0.25) is 0 Å². The number of nitrogens with zero attached hydrogens (tertiary/aromatic N) is 2. The second kappa shape index (κ2) is 4.70. The highest BCUT2D eigenvalue weighted by molar-refractivity contribution is 9.10. The first-order chi connectivity index (χ1) is 7.68. The zero-order chi connectivity index (χ0) is 11.5. The lowest BCUT2D eigenvalue weighted by Crippen LogP contribution is -2.14. The zero-order valence-electron chi connectivity index (χ0n) is 9.31. The smallest absolute Gasteiger partial charge is 0.207 e. The Morgan fingerprint density at radius 2 is 2.06 bits per heavy atom. The number of rotatable bonds is 3. The van der Waals surface area contributed by atoms with Gasteiger partial charge in [-0.25, -0.2) is 4.98 Å². The van der Waals surface area contributed by atoms with E-state index in [0.29, 0.717) is 6.04 Å². The maximum Gasteiger partial charge on any atom is 0.207 e. The molecule has 0 fully saturated rings. The molecule has 1 aromatic carbocycles. The van der Waals surface area contributed by atoms with Crippen molar-refractivity contribution in [1.82, 2.24) is 9.55 Å². The van der Waals surface area contributed by atoms with Gasteiger partial charge in [0.15, 0.2) is 0 Å². The molecule has 1 N–H and O–H groups in total. The van der Waals surface area contributed by atoms with Crippen molar-refractivity contribution < 1.29 is 0 Å². The molecule has 84 valence electrons. The van der Waals surface area contributed by atoms with Gasteiger partial charge in [-0.05, 0) is 41.9 Å². The maximum absolute atomic E-state index is 4.30. The number of benzene rings is 1. The minimum atomic E-state index is 0.364. The lowest BCUT2D eigenvalue weighted by molar-refractivity contribution is 0.863. The molecule has 0 saturated carbocycles. The number of imidazole rings is 1. The standard InChI is InChI=1S/C12H14BrN3/c1-9(2)15-12-14-7-8-16(12)11-6-4-3-5-10(11)13/h3-9H,1-2H3,(H,14,15). The fourth-order valence-corrected chi connectivity index (χ4v) is 1.99. The second-order valence-electron chi connectivity index (χ2n) is 3.87. The number of para-hydroxylation sites is 1. The molecule has 2 rings (SSSR count). The van der Waals surface area contributed by atoms with E-state index in [1.54, 1.807) is 6.20 Å². The summed E-state index contributed by atoms with van der Waals surface area (Å²) in [6.45, 7) is 4.19. The Balaban J connectivity index is 2.41. The van der Waals surface area contributed by atoms with Crippen LogP contribution in [0.25, 0.3) is 5.69 Å². The van der Waals surface area contributed by atoms with E-state index in [1.165, 1.54) is 0 Å². The Kier molecular flexibility index (Phi) is 3.29. The molecule has 2 aromatic rings. The van der Waals surface area contributed by atoms with Gasteiger partial charge in [0.2, 0.25) is 5.95 Å². The van der Waals surface area contributed by atoms with E-state index < -0.39 is 0 Å². The molecule has 0 unspecified atom stereocenters. The molecular formula is C12H14BrN3. The number of anilines is 1. The van der Waals surface area contributed by atoms with E-state index in [9.17, 15) is 0 Å². The minimum Gasteiger partial charge on any atom is -0.353 e. The highest BCUT2D eigenvalue weighted by Crippen LogP contribution is 2.23. The van der Waals surface area contributed by atoms with Crippen LogP contribution in [0.15, 0.2) is 41.1 Å². The molecule has 0 saturated heterocycles. The third-order valence-corrected chi connectivity index (χ3v) is 2.84. The zero-order valence-corrected chi connectivity index (χ0v) is 10.9. The molecule has 0 bridgehead atoms. The summed E-state index contributed by atoms with van der Waals surface area (Å²) in [5.74, 6) is 0.863. The van der Waals surface area contributed by atoms with E-state index in [-0.39, 0.29) is 0 Å². The van der Waals surface area contributed by atoms with Crippen LogP contribution < -0.4 is 5.32 Å². The summed E-state index contributed by atoms with van der Waals surface area (Å²) in [6.07, 6.45) is 3.74. The van der Waals surface area contributed by atoms with Crippen LogP contribution in [0.4, 0.5) is 5.95 Å². The molecule has 0 atom stereocenters.